The number of ether oxygens (including phenoxy) is 1. The van der Waals surface area contributed by atoms with Crippen molar-refractivity contribution < 1.29 is 23.4 Å². The van der Waals surface area contributed by atoms with Gasteiger partial charge in [0, 0.05) is 28.4 Å². The van der Waals surface area contributed by atoms with E-state index in [-0.39, 0.29) is 30.4 Å². The van der Waals surface area contributed by atoms with Crippen LogP contribution in [0.3, 0.4) is 0 Å². The van der Waals surface area contributed by atoms with Crippen LogP contribution in [-0.4, -0.2) is 43.6 Å². The average Bonchev–Trinajstić information content (AvgIpc) is 3.31. The molecule has 3 heterocycles. The minimum Gasteiger partial charge on any atom is -0.494 e. The number of alkyl halides is 1. The van der Waals surface area contributed by atoms with Gasteiger partial charge in [-0.05, 0) is 42.9 Å². The fourth-order valence-electron chi connectivity index (χ4n) is 4.75. The second-order valence-corrected chi connectivity index (χ2v) is 8.65. The first-order chi connectivity index (χ1) is 15.2. The van der Waals surface area contributed by atoms with Crippen LogP contribution in [0.1, 0.15) is 49.8 Å². The molecule has 1 aliphatic carbocycles. The fourth-order valence-corrected chi connectivity index (χ4v) is 4.75. The smallest absolute Gasteiger partial charge is 0.341 e. The van der Waals surface area contributed by atoms with Crippen LogP contribution in [0.15, 0.2) is 30.5 Å². The molecule has 0 unspecified atom stereocenters. The second kappa shape index (κ2) is 7.01. The van der Waals surface area contributed by atoms with Crippen molar-refractivity contribution >= 4 is 28.0 Å². The van der Waals surface area contributed by atoms with Crippen molar-refractivity contribution in [3.63, 3.8) is 0 Å². The molecule has 3 aromatic heterocycles. The maximum atomic E-state index is 14.7. The number of H-pyrrole nitrogens is 1. The minimum absolute atomic E-state index is 0.00570. The molecule has 0 aliphatic heterocycles. The number of carboxylic acids is 1. The van der Waals surface area contributed by atoms with E-state index in [4.69, 9.17) is 9.72 Å². The lowest BCUT2D eigenvalue weighted by atomic mass is 9.68. The zero-order chi connectivity index (χ0) is 22.8. The molecule has 0 amide bonds. The van der Waals surface area contributed by atoms with Gasteiger partial charge in [0.05, 0.1) is 24.3 Å². The fraction of sp³-hybridized carbons (Fsp3) is 0.348. The number of nitrogens with one attached hydrogen (secondary N) is 1. The highest BCUT2D eigenvalue weighted by Gasteiger charge is 2.53. The van der Waals surface area contributed by atoms with Gasteiger partial charge in [-0.15, -0.1) is 0 Å². The van der Waals surface area contributed by atoms with E-state index in [9.17, 15) is 18.7 Å². The lowest BCUT2D eigenvalue weighted by molar-refractivity contribution is -0.158. The molecule has 0 radical (unpaired) electrons. The molecule has 0 spiro atoms. The summed E-state index contributed by atoms with van der Waals surface area (Å²) in [5.74, 6) is -2.10. The summed E-state index contributed by atoms with van der Waals surface area (Å²) in [7, 11) is 1.41. The van der Waals surface area contributed by atoms with Crippen LogP contribution in [0.5, 0.6) is 5.75 Å². The molecule has 1 aliphatic rings. The summed E-state index contributed by atoms with van der Waals surface area (Å²) < 4.78 is 36.0. The zero-order valence-corrected chi connectivity index (χ0v) is 17.8. The molecular formula is C23H22F2N4O3. The van der Waals surface area contributed by atoms with E-state index in [1.807, 2.05) is 24.5 Å². The van der Waals surface area contributed by atoms with Crippen LogP contribution in [0, 0.1) is 5.82 Å². The highest BCUT2D eigenvalue weighted by Crippen LogP contribution is 2.52. The molecule has 9 heteroatoms. The summed E-state index contributed by atoms with van der Waals surface area (Å²) in [4.78, 5) is 16.1. The van der Waals surface area contributed by atoms with Crippen LogP contribution in [0.25, 0.3) is 27.8 Å². The maximum absolute atomic E-state index is 14.7. The van der Waals surface area contributed by atoms with Crippen molar-refractivity contribution in [3.05, 3.63) is 47.5 Å². The lowest BCUT2D eigenvalue weighted by Crippen LogP contribution is -2.45. The molecule has 0 atom stereocenters. The molecule has 1 saturated carbocycles. The normalized spacial score (nSPS) is 20.8. The van der Waals surface area contributed by atoms with Gasteiger partial charge in [0.1, 0.15) is 0 Å². The van der Waals surface area contributed by atoms with Gasteiger partial charge in [-0.1, -0.05) is 13.8 Å². The van der Waals surface area contributed by atoms with E-state index in [1.165, 1.54) is 13.2 Å². The van der Waals surface area contributed by atoms with Gasteiger partial charge in [0.15, 0.2) is 17.2 Å². The highest BCUT2D eigenvalue weighted by atomic mass is 19.1. The van der Waals surface area contributed by atoms with E-state index in [0.29, 0.717) is 16.9 Å². The number of aromatic nitrogens is 4. The molecular weight excluding hydrogens is 418 g/mol. The largest absolute Gasteiger partial charge is 0.494 e. The van der Waals surface area contributed by atoms with Gasteiger partial charge < -0.3 is 14.4 Å². The SMILES string of the molecule is COc1cc(-n2c(C(C)C)c([C@H]3C[C@](F)(C(=O)O)C3)c3nc4[nH]ncc4cc32)ccc1F. The van der Waals surface area contributed by atoms with E-state index < -0.39 is 17.5 Å². The van der Waals surface area contributed by atoms with Gasteiger partial charge in [-0.2, -0.15) is 5.10 Å². The molecule has 0 bridgehead atoms. The molecule has 4 aromatic rings. The first-order valence-electron chi connectivity index (χ1n) is 10.4. The Labute approximate surface area is 182 Å². The average molecular weight is 440 g/mol. The van der Waals surface area contributed by atoms with Crippen LogP contribution in [0.2, 0.25) is 0 Å². The third-order valence-electron chi connectivity index (χ3n) is 6.29. The maximum Gasteiger partial charge on any atom is 0.341 e. The van der Waals surface area contributed by atoms with Gasteiger partial charge in [-0.25, -0.2) is 18.6 Å². The molecule has 166 valence electrons. The van der Waals surface area contributed by atoms with E-state index >= 15 is 0 Å². The summed E-state index contributed by atoms with van der Waals surface area (Å²) in [5.41, 5.74) is 2.17. The molecule has 32 heavy (non-hydrogen) atoms. The summed E-state index contributed by atoms with van der Waals surface area (Å²) in [6, 6.07) is 6.55. The number of hydrogen-bond donors (Lipinski definition) is 2. The Balaban J connectivity index is 1.81. The molecule has 1 fully saturated rings. The molecule has 2 N–H and O–H groups in total. The van der Waals surface area contributed by atoms with Crippen LogP contribution < -0.4 is 4.74 Å². The first-order valence-corrected chi connectivity index (χ1v) is 10.4. The van der Waals surface area contributed by atoms with Crippen molar-refractivity contribution in [2.75, 3.05) is 7.11 Å². The van der Waals surface area contributed by atoms with E-state index in [0.717, 1.165) is 22.2 Å². The Morgan fingerprint density at radius 1 is 1.34 bits per heavy atom. The summed E-state index contributed by atoms with van der Waals surface area (Å²) in [5, 5.41) is 17.0. The van der Waals surface area contributed by atoms with Gasteiger partial charge >= 0.3 is 5.97 Å². The number of aromatic amines is 1. The van der Waals surface area contributed by atoms with Gasteiger partial charge in [0.25, 0.3) is 0 Å². The Morgan fingerprint density at radius 3 is 2.75 bits per heavy atom. The predicted octanol–water partition coefficient (Wildman–Crippen LogP) is 4.84. The van der Waals surface area contributed by atoms with Crippen LogP contribution in [0.4, 0.5) is 8.78 Å². The summed E-state index contributed by atoms with van der Waals surface area (Å²) in [6.45, 7) is 4.03. The number of hydrogen-bond acceptors (Lipinski definition) is 4. The Kier molecular flexibility index (Phi) is 4.47. The second-order valence-electron chi connectivity index (χ2n) is 8.65. The number of halogens is 2. The van der Waals surface area contributed by atoms with E-state index in [2.05, 4.69) is 10.2 Å². The quantitative estimate of drug-likeness (QED) is 0.463. The molecule has 0 saturated heterocycles. The zero-order valence-electron chi connectivity index (χ0n) is 17.8. The number of benzene rings is 1. The number of rotatable bonds is 5. The van der Waals surface area contributed by atoms with Gasteiger partial charge in [0.2, 0.25) is 5.67 Å². The topological polar surface area (TPSA) is 93.0 Å². The number of aliphatic carboxylic acids is 1. The molecule has 1 aromatic carbocycles. The first kappa shape index (κ1) is 20.4. The van der Waals surface area contributed by atoms with Crippen molar-refractivity contribution in [2.45, 2.75) is 44.2 Å². The van der Waals surface area contributed by atoms with Crippen molar-refractivity contribution in [2.24, 2.45) is 0 Å². The van der Waals surface area contributed by atoms with Gasteiger partial charge in [-0.3, -0.25) is 5.10 Å². The number of carboxylic acid groups (broad SMARTS) is 1. The standard InChI is InChI=1S/C23H22F2N4O3/c1-11(2)20-18(13-8-23(25,9-13)22(30)31)19-16(6-12-10-26-28-21(12)27-19)29(20)14-4-5-15(24)17(7-14)32-3/h4-7,10-11,13H,8-9H2,1-3H3,(H,30,31)(H,26,27,28)/t13-,23+. The Bertz CT molecular complexity index is 1370. The summed E-state index contributed by atoms with van der Waals surface area (Å²) >= 11 is 0. The van der Waals surface area contributed by atoms with Crippen molar-refractivity contribution in [3.8, 4) is 11.4 Å². The monoisotopic (exact) mass is 440 g/mol. The van der Waals surface area contributed by atoms with Crippen LogP contribution in [-0.2, 0) is 4.79 Å². The lowest BCUT2D eigenvalue weighted by Gasteiger charge is -2.38. The van der Waals surface area contributed by atoms with Crippen LogP contribution >= 0.6 is 0 Å². The number of carbonyl (C=O) groups is 1. The van der Waals surface area contributed by atoms with Crippen molar-refractivity contribution in [1.82, 2.24) is 19.7 Å². The summed E-state index contributed by atoms with van der Waals surface area (Å²) in [6.07, 6.45) is 1.44. The predicted molar refractivity (Wildman–Crippen MR) is 115 cm³/mol. The van der Waals surface area contributed by atoms with E-state index in [1.54, 1.807) is 18.3 Å². The Hall–Kier alpha value is -3.49. The molecule has 7 nitrogen and oxygen atoms in total. The highest BCUT2D eigenvalue weighted by molar-refractivity contribution is 5.94. The number of nitrogens with zero attached hydrogens (tertiary/aromatic N) is 3. The Morgan fingerprint density at radius 2 is 2.09 bits per heavy atom. The molecule has 5 rings (SSSR count). The number of pyridine rings is 1. The minimum atomic E-state index is -2.23. The third kappa shape index (κ3) is 2.87. The number of fused-ring (bicyclic) bond motifs is 2. The number of methoxy groups -OCH3 is 1. The van der Waals surface area contributed by atoms with Crippen molar-refractivity contribution in [1.29, 1.82) is 0 Å². The third-order valence-corrected chi connectivity index (χ3v) is 6.29.